The molecule has 2 aliphatic rings. The Kier molecular flexibility index (Phi) is 5.06. The first-order valence-corrected chi connectivity index (χ1v) is 9.13. The van der Waals surface area contributed by atoms with Crippen molar-refractivity contribution in [2.75, 3.05) is 74.3 Å². The van der Waals surface area contributed by atoms with Crippen LogP contribution in [0.15, 0.2) is 36.5 Å². The molecule has 0 aliphatic carbocycles. The van der Waals surface area contributed by atoms with E-state index in [-0.39, 0.29) is 0 Å². The fourth-order valence-corrected chi connectivity index (χ4v) is 3.42. The van der Waals surface area contributed by atoms with Crippen LogP contribution in [0.1, 0.15) is 0 Å². The van der Waals surface area contributed by atoms with Crippen LogP contribution in [0.5, 0.6) is 5.75 Å². The molecule has 1 aromatic carbocycles. The molecule has 0 radical (unpaired) electrons. The molecule has 2 fully saturated rings. The first-order chi connectivity index (χ1) is 12.8. The minimum atomic E-state index is 0.744. The number of hydrogen-bond acceptors (Lipinski definition) is 7. The monoisotopic (exact) mass is 355 g/mol. The molecule has 26 heavy (non-hydrogen) atoms. The second kappa shape index (κ2) is 7.78. The maximum atomic E-state index is 5.42. The topological polar surface area (TPSA) is 54.0 Å². The summed E-state index contributed by atoms with van der Waals surface area (Å²) in [6, 6.07) is 10.3. The van der Waals surface area contributed by atoms with Crippen molar-refractivity contribution in [1.82, 2.24) is 9.97 Å². The first kappa shape index (κ1) is 16.9. The molecule has 2 aliphatic heterocycles. The Morgan fingerprint density at radius 3 is 2.23 bits per heavy atom. The largest absolute Gasteiger partial charge is 0.497 e. The van der Waals surface area contributed by atoms with Gasteiger partial charge in [-0.05, 0) is 30.3 Å². The summed E-state index contributed by atoms with van der Waals surface area (Å²) in [5.41, 5.74) is 1.24. The third-order valence-electron chi connectivity index (χ3n) is 4.96. The summed E-state index contributed by atoms with van der Waals surface area (Å²) in [6.45, 7) is 7.05. The van der Waals surface area contributed by atoms with E-state index in [2.05, 4.69) is 31.8 Å². The summed E-state index contributed by atoms with van der Waals surface area (Å²) < 4.78 is 10.7. The Morgan fingerprint density at radius 1 is 0.846 bits per heavy atom. The van der Waals surface area contributed by atoms with Crippen molar-refractivity contribution in [2.45, 2.75) is 0 Å². The minimum absolute atomic E-state index is 0.744. The molecule has 3 heterocycles. The summed E-state index contributed by atoms with van der Waals surface area (Å²) in [4.78, 5) is 16.2. The van der Waals surface area contributed by atoms with Gasteiger partial charge in [0.25, 0.3) is 0 Å². The maximum Gasteiger partial charge on any atom is 0.227 e. The molecule has 0 saturated carbocycles. The normalized spacial score (nSPS) is 18.1. The third kappa shape index (κ3) is 3.67. The predicted molar refractivity (Wildman–Crippen MR) is 102 cm³/mol. The Labute approximate surface area is 154 Å². The molecule has 2 saturated heterocycles. The fraction of sp³-hybridized carbons (Fsp3) is 0.474. The summed E-state index contributed by atoms with van der Waals surface area (Å²) in [7, 11) is 1.70. The fourth-order valence-electron chi connectivity index (χ4n) is 3.42. The van der Waals surface area contributed by atoms with Crippen molar-refractivity contribution in [3.05, 3.63) is 36.5 Å². The van der Waals surface area contributed by atoms with Gasteiger partial charge in [0.05, 0.1) is 20.3 Å². The number of anilines is 3. The summed E-state index contributed by atoms with van der Waals surface area (Å²) in [5.74, 6) is 2.71. The lowest BCUT2D eigenvalue weighted by atomic mass is 10.2. The van der Waals surface area contributed by atoms with E-state index in [1.165, 1.54) is 5.69 Å². The molecule has 0 amide bonds. The van der Waals surface area contributed by atoms with E-state index < -0.39 is 0 Å². The van der Waals surface area contributed by atoms with E-state index in [0.29, 0.717) is 0 Å². The van der Waals surface area contributed by atoms with Crippen molar-refractivity contribution in [2.24, 2.45) is 0 Å². The lowest BCUT2D eigenvalue weighted by Crippen LogP contribution is -2.47. The van der Waals surface area contributed by atoms with Gasteiger partial charge in [0.15, 0.2) is 0 Å². The molecule has 0 bridgehead atoms. The molecular formula is C19H25N5O2. The van der Waals surface area contributed by atoms with Gasteiger partial charge < -0.3 is 24.2 Å². The summed E-state index contributed by atoms with van der Waals surface area (Å²) >= 11 is 0. The van der Waals surface area contributed by atoms with Crippen LogP contribution in [0.4, 0.5) is 17.5 Å². The van der Waals surface area contributed by atoms with Crippen LogP contribution in [0, 0.1) is 0 Å². The number of ether oxygens (including phenoxy) is 2. The highest BCUT2D eigenvalue weighted by Crippen LogP contribution is 2.23. The van der Waals surface area contributed by atoms with Crippen LogP contribution in [-0.2, 0) is 4.74 Å². The highest BCUT2D eigenvalue weighted by Gasteiger charge is 2.20. The zero-order valence-electron chi connectivity index (χ0n) is 15.2. The van der Waals surface area contributed by atoms with Gasteiger partial charge in [0.1, 0.15) is 11.6 Å². The number of rotatable bonds is 4. The average molecular weight is 355 g/mol. The number of benzene rings is 1. The van der Waals surface area contributed by atoms with Gasteiger partial charge in [0, 0.05) is 51.2 Å². The summed E-state index contributed by atoms with van der Waals surface area (Å²) in [6.07, 6.45) is 1.86. The van der Waals surface area contributed by atoms with Crippen LogP contribution < -0.4 is 19.4 Å². The SMILES string of the molecule is COc1ccc(N2CCN(c3ccnc(N4CCOCC4)n3)CC2)cc1. The lowest BCUT2D eigenvalue weighted by molar-refractivity contribution is 0.122. The standard InChI is InChI=1S/C19H25N5O2/c1-25-17-4-2-16(3-5-17)22-8-10-23(11-9-22)18-6-7-20-19(21-18)24-12-14-26-15-13-24/h2-7H,8-15H2,1H3. The van der Waals surface area contributed by atoms with Crippen LogP contribution in [-0.4, -0.2) is 69.6 Å². The average Bonchev–Trinajstić information content (AvgIpc) is 2.75. The Balaban J connectivity index is 1.39. The molecule has 0 N–H and O–H groups in total. The van der Waals surface area contributed by atoms with Gasteiger partial charge >= 0.3 is 0 Å². The highest BCUT2D eigenvalue weighted by molar-refractivity contribution is 5.52. The number of morpholine rings is 1. The van der Waals surface area contributed by atoms with E-state index in [1.807, 2.05) is 24.4 Å². The van der Waals surface area contributed by atoms with Crippen LogP contribution in [0.25, 0.3) is 0 Å². The molecule has 138 valence electrons. The number of methoxy groups -OCH3 is 1. The van der Waals surface area contributed by atoms with Gasteiger partial charge in [-0.1, -0.05) is 0 Å². The number of nitrogens with zero attached hydrogens (tertiary/aromatic N) is 5. The Morgan fingerprint density at radius 2 is 1.54 bits per heavy atom. The summed E-state index contributed by atoms with van der Waals surface area (Å²) in [5, 5.41) is 0. The van der Waals surface area contributed by atoms with Crippen LogP contribution in [0.2, 0.25) is 0 Å². The van der Waals surface area contributed by atoms with Gasteiger partial charge in [-0.3, -0.25) is 0 Å². The van der Waals surface area contributed by atoms with Gasteiger partial charge in [0.2, 0.25) is 5.95 Å². The van der Waals surface area contributed by atoms with Crippen molar-refractivity contribution in [3.63, 3.8) is 0 Å². The van der Waals surface area contributed by atoms with Crippen molar-refractivity contribution in [1.29, 1.82) is 0 Å². The Hall–Kier alpha value is -2.54. The molecule has 7 nitrogen and oxygen atoms in total. The quantitative estimate of drug-likeness (QED) is 0.826. The van der Waals surface area contributed by atoms with Crippen molar-refractivity contribution < 1.29 is 9.47 Å². The molecule has 2 aromatic rings. The van der Waals surface area contributed by atoms with Gasteiger partial charge in [-0.25, -0.2) is 4.98 Å². The predicted octanol–water partition coefficient (Wildman–Crippen LogP) is 1.65. The minimum Gasteiger partial charge on any atom is -0.497 e. The number of hydrogen-bond donors (Lipinski definition) is 0. The second-order valence-corrected chi connectivity index (χ2v) is 6.49. The van der Waals surface area contributed by atoms with E-state index in [9.17, 15) is 0 Å². The van der Waals surface area contributed by atoms with Gasteiger partial charge in [-0.2, -0.15) is 4.98 Å². The smallest absolute Gasteiger partial charge is 0.227 e. The van der Waals surface area contributed by atoms with Gasteiger partial charge in [-0.15, -0.1) is 0 Å². The first-order valence-electron chi connectivity index (χ1n) is 9.13. The molecule has 0 spiro atoms. The zero-order chi connectivity index (χ0) is 17.8. The number of aromatic nitrogens is 2. The van der Waals surface area contributed by atoms with Crippen molar-refractivity contribution in [3.8, 4) is 5.75 Å². The number of piperazine rings is 1. The molecule has 7 heteroatoms. The van der Waals surface area contributed by atoms with Crippen LogP contribution in [0.3, 0.4) is 0 Å². The molecule has 0 atom stereocenters. The molecule has 0 unspecified atom stereocenters. The molecule has 1 aromatic heterocycles. The second-order valence-electron chi connectivity index (χ2n) is 6.49. The Bertz CT molecular complexity index is 710. The highest BCUT2D eigenvalue weighted by atomic mass is 16.5. The maximum absolute atomic E-state index is 5.42. The molecular weight excluding hydrogens is 330 g/mol. The van der Waals surface area contributed by atoms with E-state index in [0.717, 1.165) is 70.0 Å². The molecule has 4 rings (SSSR count). The van der Waals surface area contributed by atoms with E-state index in [4.69, 9.17) is 14.5 Å². The lowest BCUT2D eigenvalue weighted by Gasteiger charge is -2.37. The zero-order valence-corrected chi connectivity index (χ0v) is 15.2. The van der Waals surface area contributed by atoms with Crippen molar-refractivity contribution >= 4 is 17.5 Å². The van der Waals surface area contributed by atoms with E-state index in [1.54, 1.807) is 7.11 Å². The van der Waals surface area contributed by atoms with E-state index >= 15 is 0 Å². The van der Waals surface area contributed by atoms with Crippen LogP contribution >= 0.6 is 0 Å². The third-order valence-corrected chi connectivity index (χ3v) is 4.96.